The number of carbonyl (C=O) groups excluding carboxylic acids is 1. The number of nitrogens with one attached hydrogen (secondary N) is 2. The Labute approximate surface area is 121 Å². The summed E-state index contributed by atoms with van der Waals surface area (Å²) in [5.74, 6) is 1.18. The molecular formula is C14H27N3OS. The van der Waals surface area contributed by atoms with Crippen molar-refractivity contribution >= 4 is 22.8 Å². The van der Waals surface area contributed by atoms with Crippen LogP contribution in [0.15, 0.2) is 4.99 Å². The van der Waals surface area contributed by atoms with Crippen LogP contribution in [-0.2, 0) is 4.79 Å². The topological polar surface area (TPSA) is 53.5 Å². The van der Waals surface area contributed by atoms with Gasteiger partial charge in [-0.2, -0.15) is 0 Å². The number of amidine groups is 1. The molecule has 5 heteroatoms. The van der Waals surface area contributed by atoms with Crippen LogP contribution in [0.25, 0.3) is 0 Å². The normalized spacial score (nSPS) is 22.4. The zero-order valence-electron chi connectivity index (χ0n) is 12.7. The van der Waals surface area contributed by atoms with Crippen LogP contribution in [0, 0.1) is 5.41 Å². The van der Waals surface area contributed by atoms with Gasteiger partial charge in [0.25, 0.3) is 0 Å². The summed E-state index contributed by atoms with van der Waals surface area (Å²) >= 11 is 1.76. The third kappa shape index (κ3) is 6.32. The summed E-state index contributed by atoms with van der Waals surface area (Å²) in [5.41, 5.74) is 0.247. The van der Waals surface area contributed by atoms with E-state index in [2.05, 4.69) is 36.4 Å². The number of carbonyl (C=O) groups is 1. The second-order valence-corrected chi connectivity index (χ2v) is 7.44. The Bertz CT molecular complexity index is 334. The summed E-state index contributed by atoms with van der Waals surface area (Å²) in [7, 11) is 0. The molecule has 1 aliphatic rings. The van der Waals surface area contributed by atoms with Crippen LogP contribution in [0.5, 0.6) is 0 Å². The Hall–Kier alpha value is -0.710. The maximum absolute atomic E-state index is 11.5. The minimum atomic E-state index is 0.0764. The molecule has 110 valence electrons. The van der Waals surface area contributed by atoms with Crippen LogP contribution in [0.4, 0.5) is 0 Å². The lowest BCUT2D eigenvalue weighted by atomic mass is 9.85. The van der Waals surface area contributed by atoms with Crippen molar-refractivity contribution < 1.29 is 4.79 Å². The minimum Gasteiger partial charge on any atom is -0.362 e. The molecule has 1 atom stereocenters. The van der Waals surface area contributed by atoms with E-state index in [0.717, 1.165) is 10.9 Å². The van der Waals surface area contributed by atoms with Gasteiger partial charge in [-0.1, -0.05) is 32.5 Å². The van der Waals surface area contributed by atoms with Crippen molar-refractivity contribution in [3.63, 3.8) is 0 Å². The third-order valence-corrected chi connectivity index (χ3v) is 3.99. The Morgan fingerprint density at radius 1 is 1.53 bits per heavy atom. The largest absolute Gasteiger partial charge is 0.362 e. The SMILES string of the molecule is CC(C)NC(=O)CCN=C1NC(C(C)(C)C)CCS1. The van der Waals surface area contributed by atoms with E-state index in [4.69, 9.17) is 0 Å². The molecule has 1 unspecified atom stereocenters. The Morgan fingerprint density at radius 3 is 2.79 bits per heavy atom. The fourth-order valence-corrected chi connectivity index (χ4v) is 2.89. The molecule has 0 radical (unpaired) electrons. The summed E-state index contributed by atoms with van der Waals surface area (Å²) in [5, 5.41) is 7.36. The zero-order valence-corrected chi connectivity index (χ0v) is 13.6. The molecule has 0 aliphatic carbocycles. The van der Waals surface area contributed by atoms with Crippen LogP contribution in [-0.4, -0.2) is 35.5 Å². The molecule has 0 saturated carbocycles. The highest BCUT2D eigenvalue weighted by Crippen LogP contribution is 2.27. The summed E-state index contributed by atoms with van der Waals surface area (Å²) in [4.78, 5) is 16.0. The average molecular weight is 285 g/mol. The van der Waals surface area contributed by atoms with E-state index >= 15 is 0 Å². The van der Waals surface area contributed by atoms with Gasteiger partial charge >= 0.3 is 0 Å². The van der Waals surface area contributed by atoms with E-state index in [1.54, 1.807) is 11.8 Å². The second kappa shape index (κ2) is 7.17. The molecule has 1 amide bonds. The smallest absolute Gasteiger partial charge is 0.222 e. The van der Waals surface area contributed by atoms with Crippen molar-refractivity contribution in [3.8, 4) is 0 Å². The molecule has 0 aromatic carbocycles. The van der Waals surface area contributed by atoms with Gasteiger partial charge in [-0.25, -0.2) is 0 Å². The van der Waals surface area contributed by atoms with Gasteiger partial charge in [0, 0.05) is 24.3 Å². The van der Waals surface area contributed by atoms with Crippen LogP contribution in [0.2, 0.25) is 0 Å². The summed E-state index contributed by atoms with van der Waals surface area (Å²) in [6.07, 6.45) is 1.63. The van der Waals surface area contributed by atoms with E-state index in [-0.39, 0.29) is 17.4 Å². The highest BCUT2D eigenvalue weighted by Gasteiger charge is 2.28. The summed E-state index contributed by atoms with van der Waals surface area (Å²) < 4.78 is 0. The van der Waals surface area contributed by atoms with Crippen molar-refractivity contribution in [2.45, 2.75) is 59.5 Å². The number of rotatable bonds is 4. The highest BCUT2D eigenvalue weighted by atomic mass is 32.2. The minimum absolute atomic E-state index is 0.0764. The fourth-order valence-electron chi connectivity index (χ4n) is 1.93. The number of hydrogen-bond donors (Lipinski definition) is 2. The first-order chi connectivity index (χ1) is 8.79. The van der Waals surface area contributed by atoms with Gasteiger partial charge in [-0.15, -0.1) is 0 Å². The molecular weight excluding hydrogens is 258 g/mol. The first kappa shape index (κ1) is 16.3. The molecule has 1 aliphatic heterocycles. The second-order valence-electron chi connectivity index (χ2n) is 6.36. The van der Waals surface area contributed by atoms with Crippen LogP contribution < -0.4 is 10.6 Å². The Balaban J connectivity index is 2.39. The molecule has 19 heavy (non-hydrogen) atoms. The van der Waals surface area contributed by atoms with Crippen molar-refractivity contribution in [3.05, 3.63) is 0 Å². The fraction of sp³-hybridized carbons (Fsp3) is 0.857. The van der Waals surface area contributed by atoms with Gasteiger partial charge in [0.15, 0.2) is 5.17 Å². The Morgan fingerprint density at radius 2 is 2.21 bits per heavy atom. The van der Waals surface area contributed by atoms with E-state index in [1.165, 1.54) is 6.42 Å². The lowest BCUT2D eigenvalue weighted by Crippen LogP contribution is -2.46. The monoisotopic (exact) mass is 285 g/mol. The van der Waals surface area contributed by atoms with E-state index in [9.17, 15) is 4.79 Å². The zero-order chi connectivity index (χ0) is 14.5. The molecule has 0 bridgehead atoms. The molecule has 1 heterocycles. The molecule has 1 fully saturated rings. The highest BCUT2D eigenvalue weighted by molar-refractivity contribution is 8.13. The van der Waals surface area contributed by atoms with E-state index < -0.39 is 0 Å². The lowest BCUT2D eigenvalue weighted by Gasteiger charge is -2.35. The quantitative estimate of drug-likeness (QED) is 0.834. The average Bonchev–Trinajstić information content (AvgIpc) is 2.27. The molecule has 0 aromatic rings. The molecule has 0 aromatic heterocycles. The van der Waals surface area contributed by atoms with E-state index in [0.29, 0.717) is 19.0 Å². The predicted molar refractivity (Wildman–Crippen MR) is 83.7 cm³/mol. The van der Waals surface area contributed by atoms with Crippen molar-refractivity contribution in [1.82, 2.24) is 10.6 Å². The molecule has 2 N–H and O–H groups in total. The number of aliphatic imine (C=N–C) groups is 1. The number of nitrogens with zero attached hydrogens (tertiary/aromatic N) is 1. The summed E-state index contributed by atoms with van der Waals surface area (Å²) in [6.45, 7) is 11.2. The maximum atomic E-state index is 11.5. The van der Waals surface area contributed by atoms with Gasteiger partial charge in [-0.3, -0.25) is 9.79 Å². The van der Waals surface area contributed by atoms with Gasteiger partial charge in [0.1, 0.15) is 0 Å². The third-order valence-electron chi connectivity index (χ3n) is 3.03. The van der Waals surface area contributed by atoms with Gasteiger partial charge < -0.3 is 10.6 Å². The first-order valence-corrected chi connectivity index (χ1v) is 8.00. The van der Waals surface area contributed by atoms with Crippen molar-refractivity contribution in [1.29, 1.82) is 0 Å². The number of amides is 1. The predicted octanol–water partition coefficient (Wildman–Crippen LogP) is 2.40. The van der Waals surface area contributed by atoms with Crippen molar-refractivity contribution in [2.75, 3.05) is 12.3 Å². The van der Waals surface area contributed by atoms with E-state index in [1.807, 2.05) is 13.8 Å². The molecule has 1 rings (SSSR count). The number of hydrogen-bond acceptors (Lipinski definition) is 3. The molecule has 0 spiro atoms. The molecule has 4 nitrogen and oxygen atoms in total. The summed E-state index contributed by atoms with van der Waals surface area (Å²) in [6, 6.07) is 0.671. The Kier molecular flexibility index (Phi) is 6.17. The first-order valence-electron chi connectivity index (χ1n) is 7.02. The van der Waals surface area contributed by atoms with Crippen LogP contribution >= 0.6 is 11.8 Å². The van der Waals surface area contributed by atoms with Gasteiger partial charge in [0.05, 0.1) is 6.54 Å². The molecule has 1 saturated heterocycles. The standard InChI is InChI=1S/C14H27N3OS/c1-10(2)16-12(18)6-8-15-13-17-11(7-9-19-13)14(3,4)5/h10-11H,6-9H2,1-5H3,(H,15,17)(H,16,18). The van der Waals surface area contributed by atoms with Crippen LogP contribution in [0.3, 0.4) is 0 Å². The van der Waals surface area contributed by atoms with Gasteiger partial charge in [0.2, 0.25) is 5.91 Å². The van der Waals surface area contributed by atoms with Crippen LogP contribution in [0.1, 0.15) is 47.5 Å². The van der Waals surface area contributed by atoms with Crippen molar-refractivity contribution in [2.24, 2.45) is 10.4 Å². The van der Waals surface area contributed by atoms with Gasteiger partial charge in [-0.05, 0) is 25.7 Å². The maximum Gasteiger partial charge on any atom is 0.222 e. The lowest BCUT2D eigenvalue weighted by molar-refractivity contribution is -0.121. The number of thioether (sulfide) groups is 1.